The van der Waals surface area contributed by atoms with E-state index in [1.54, 1.807) is 24.3 Å². The Kier molecular flexibility index (Phi) is 4.71. The van der Waals surface area contributed by atoms with Crippen molar-refractivity contribution in [3.8, 4) is 0 Å². The smallest absolute Gasteiger partial charge is 0.303 e. The number of hydrogen-bond donors (Lipinski definition) is 0. The molecule has 2 rings (SSSR count). The second-order valence-corrected chi connectivity index (χ2v) is 5.46. The first-order chi connectivity index (χ1) is 10.4. The predicted molar refractivity (Wildman–Crippen MR) is 74.7 cm³/mol. The van der Waals surface area contributed by atoms with Crippen molar-refractivity contribution in [1.82, 2.24) is 4.98 Å². The Bertz CT molecular complexity index is 692. The van der Waals surface area contributed by atoms with Crippen molar-refractivity contribution in [3.63, 3.8) is 0 Å². The quantitative estimate of drug-likeness (QED) is 0.741. The van der Waals surface area contributed by atoms with Gasteiger partial charge in [0.1, 0.15) is 5.01 Å². The van der Waals surface area contributed by atoms with Gasteiger partial charge < -0.3 is 19.4 Å². The molecule has 116 valence electrons. The number of para-hydroxylation sites is 1. The van der Waals surface area contributed by atoms with E-state index in [-0.39, 0.29) is 5.01 Å². The van der Waals surface area contributed by atoms with Crippen molar-refractivity contribution in [2.45, 2.75) is 26.1 Å². The zero-order valence-corrected chi connectivity index (χ0v) is 12.6. The fourth-order valence-corrected chi connectivity index (χ4v) is 2.87. The van der Waals surface area contributed by atoms with E-state index in [1.807, 2.05) is 0 Å². The van der Waals surface area contributed by atoms with Gasteiger partial charge in [-0.05, 0) is 12.1 Å². The number of carboxylic acid groups (broad SMARTS) is 1. The van der Waals surface area contributed by atoms with Crippen LogP contribution in [0.1, 0.15) is 25.0 Å². The average molecular weight is 322 g/mol. The molecule has 0 bridgehead atoms. The number of hydrogen-bond acceptors (Lipinski definition) is 8. The number of esters is 2. The number of thiazole rings is 1. The molecule has 0 aliphatic carbocycles. The van der Waals surface area contributed by atoms with Gasteiger partial charge in [0, 0.05) is 13.8 Å². The van der Waals surface area contributed by atoms with Crippen LogP contribution in [0.2, 0.25) is 0 Å². The van der Waals surface area contributed by atoms with E-state index in [0.717, 1.165) is 29.9 Å². The molecule has 0 unspecified atom stereocenters. The number of nitrogens with zero attached hydrogens (tertiary/aromatic N) is 1. The molecular formula is C14H12NO6S-. The number of benzene rings is 1. The molecule has 0 aliphatic rings. The number of aromatic nitrogens is 1. The normalized spacial score (nSPS) is 13.4. The van der Waals surface area contributed by atoms with Crippen molar-refractivity contribution in [2.75, 3.05) is 0 Å². The lowest BCUT2D eigenvalue weighted by molar-refractivity contribution is -0.319. The van der Waals surface area contributed by atoms with E-state index in [9.17, 15) is 19.5 Å². The lowest BCUT2D eigenvalue weighted by Crippen LogP contribution is -2.43. The Balaban J connectivity index is 2.45. The summed E-state index contributed by atoms with van der Waals surface area (Å²) in [4.78, 5) is 37.8. The SMILES string of the molecule is CC(=O)O[C@H](c1nc2ccccc2s1)[C@@H](OC(C)=O)C(=O)[O-]. The lowest BCUT2D eigenvalue weighted by atomic mass is 10.2. The van der Waals surface area contributed by atoms with Crippen LogP contribution >= 0.6 is 11.3 Å². The first-order valence-electron chi connectivity index (χ1n) is 6.29. The maximum atomic E-state index is 11.3. The molecule has 2 aromatic rings. The van der Waals surface area contributed by atoms with Crippen molar-refractivity contribution in [2.24, 2.45) is 0 Å². The van der Waals surface area contributed by atoms with Crippen molar-refractivity contribution < 1.29 is 29.0 Å². The average Bonchev–Trinajstić information content (AvgIpc) is 2.85. The van der Waals surface area contributed by atoms with Crippen molar-refractivity contribution in [1.29, 1.82) is 0 Å². The fraction of sp³-hybridized carbons (Fsp3) is 0.286. The molecule has 0 amide bonds. The Labute approximate surface area is 129 Å². The third kappa shape index (κ3) is 3.59. The van der Waals surface area contributed by atoms with Gasteiger partial charge >= 0.3 is 11.9 Å². The van der Waals surface area contributed by atoms with Crippen LogP contribution in [0.5, 0.6) is 0 Å². The van der Waals surface area contributed by atoms with E-state index < -0.39 is 30.1 Å². The van der Waals surface area contributed by atoms with Gasteiger partial charge in [0.05, 0.1) is 16.2 Å². The summed E-state index contributed by atoms with van der Waals surface area (Å²) in [6.45, 7) is 2.18. The molecule has 1 heterocycles. The molecular weight excluding hydrogens is 310 g/mol. The molecule has 0 saturated heterocycles. The van der Waals surface area contributed by atoms with Crippen LogP contribution < -0.4 is 5.11 Å². The third-order valence-electron chi connectivity index (χ3n) is 2.65. The summed E-state index contributed by atoms with van der Waals surface area (Å²) in [6.07, 6.45) is -3.12. The van der Waals surface area contributed by atoms with Crippen LogP contribution in [0, 0.1) is 0 Å². The minimum absolute atomic E-state index is 0.215. The number of ether oxygens (including phenoxy) is 2. The van der Waals surface area contributed by atoms with Crippen LogP contribution in [0.15, 0.2) is 24.3 Å². The zero-order valence-electron chi connectivity index (χ0n) is 11.8. The molecule has 0 radical (unpaired) electrons. The second-order valence-electron chi connectivity index (χ2n) is 4.40. The molecule has 22 heavy (non-hydrogen) atoms. The van der Waals surface area contributed by atoms with Crippen LogP contribution in [0.4, 0.5) is 0 Å². The molecule has 0 N–H and O–H groups in total. The highest BCUT2D eigenvalue weighted by Crippen LogP contribution is 2.31. The molecule has 0 aliphatic heterocycles. The van der Waals surface area contributed by atoms with Gasteiger partial charge in [-0.15, -0.1) is 11.3 Å². The molecule has 7 nitrogen and oxygen atoms in total. The van der Waals surface area contributed by atoms with E-state index in [4.69, 9.17) is 9.47 Å². The summed E-state index contributed by atoms with van der Waals surface area (Å²) in [6, 6.07) is 7.10. The highest BCUT2D eigenvalue weighted by molar-refractivity contribution is 7.18. The summed E-state index contributed by atoms with van der Waals surface area (Å²) in [5, 5.41) is 11.5. The van der Waals surface area contributed by atoms with Gasteiger partial charge in [-0.1, -0.05) is 12.1 Å². The standard InChI is InChI=1S/C14H13NO6S/c1-7(16)20-11(12(14(18)19)21-8(2)17)13-15-9-5-3-4-6-10(9)22-13/h3-6,11-12H,1-2H3,(H,18,19)/p-1/t11-,12+/m0/s1. The maximum absolute atomic E-state index is 11.3. The van der Waals surface area contributed by atoms with Crippen molar-refractivity contribution in [3.05, 3.63) is 29.3 Å². The van der Waals surface area contributed by atoms with Gasteiger partial charge in [-0.2, -0.15) is 0 Å². The van der Waals surface area contributed by atoms with E-state index in [1.165, 1.54) is 0 Å². The Morgan fingerprint density at radius 3 is 2.32 bits per heavy atom. The van der Waals surface area contributed by atoms with Crippen LogP contribution in [-0.4, -0.2) is 29.0 Å². The Morgan fingerprint density at radius 1 is 1.14 bits per heavy atom. The highest BCUT2D eigenvalue weighted by atomic mass is 32.1. The van der Waals surface area contributed by atoms with Gasteiger partial charge in [0.2, 0.25) is 0 Å². The van der Waals surface area contributed by atoms with Crippen molar-refractivity contribution >= 4 is 39.5 Å². The van der Waals surface area contributed by atoms with Crippen LogP contribution in [0.3, 0.4) is 0 Å². The summed E-state index contributed by atoms with van der Waals surface area (Å²) < 4.78 is 10.5. The number of aliphatic carboxylic acids is 1. The number of fused-ring (bicyclic) bond motifs is 1. The van der Waals surface area contributed by atoms with Crippen LogP contribution in [0.25, 0.3) is 10.2 Å². The largest absolute Gasteiger partial charge is 0.546 e. The van der Waals surface area contributed by atoms with Gasteiger partial charge in [0.15, 0.2) is 12.2 Å². The van der Waals surface area contributed by atoms with Gasteiger partial charge in [-0.25, -0.2) is 4.98 Å². The molecule has 0 saturated carbocycles. The topological polar surface area (TPSA) is 106 Å². The lowest BCUT2D eigenvalue weighted by Gasteiger charge is -2.25. The molecule has 0 spiro atoms. The predicted octanol–water partition coefficient (Wildman–Crippen LogP) is 0.582. The monoisotopic (exact) mass is 322 g/mol. The van der Waals surface area contributed by atoms with Crippen LogP contribution in [-0.2, 0) is 23.9 Å². The summed E-state index contributed by atoms with van der Waals surface area (Å²) >= 11 is 1.15. The summed E-state index contributed by atoms with van der Waals surface area (Å²) in [7, 11) is 0. The molecule has 0 fully saturated rings. The number of rotatable bonds is 5. The summed E-state index contributed by atoms with van der Waals surface area (Å²) in [5.74, 6) is -3.21. The third-order valence-corrected chi connectivity index (χ3v) is 3.74. The van der Waals surface area contributed by atoms with E-state index >= 15 is 0 Å². The first kappa shape index (κ1) is 15.9. The van der Waals surface area contributed by atoms with Gasteiger partial charge in [0.25, 0.3) is 0 Å². The fourth-order valence-electron chi connectivity index (χ4n) is 1.84. The molecule has 1 aromatic heterocycles. The summed E-state index contributed by atoms with van der Waals surface area (Å²) in [5.41, 5.74) is 0.625. The molecule has 2 atom stereocenters. The minimum Gasteiger partial charge on any atom is -0.546 e. The van der Waals surface area contributed by atoms with E-state index in [2.05, 4.69) is 4.98 Å². The highest BCUT2D eigenvalue weighted by Gasteiger charge is 2.33. The first-order valence-corrected chi connectivity index (χ1v) is 7.11. The molecule has 8 heteroatoms. The molecule has 1 aromatic carbocycles. The minimum atomic E-state index is -1.76. The number of carbonyl (C=O) groups excluding carboxylic acids is 3. The van der Waals surface area contributed by atoms with E-state index in [0.29, 0.717) is 5.52 Å². The zero-order chi connectivity index (χ0) is 16.3. The maximum Gasteiger partial charge on any atom is 0.303 e. The Morgan fingerprint density at radius 2 is 1.77 bits per heavy atom. The number of carbonyl (C=O) groups is 3. The number of carboxylic acids is 1. The van der Waals surface area contributed by atoms with Gasteiger partial charge in [-0.3, -0.25) is 9.59 Å². The Hall–Kier alpha value is -2.48. The second kappa shape index (κ2) is 6.52.